The molecule has 0 saturated carbocycles. The SMILES string of the molecule is CSCCC(O)C(=O)NCCCNC1NNC(=O)C2NCCNC12. The maximum Gasteiger partial charge on any atom is 0.252 e. The van der Waals surface area contributed by atoms with Gasteiger partial charge in [0.15, 0.2) is 0 Å². The summed E-state index contributed by atoms with van der Waals surface area (Å²) in [6.07, 6.45) is 2.14. The Morgan fingerprint density at radius 2 is 2.17 bits per heavy atom. The van der Waals surface area contributed by atoms with Crippen LogP contribution < -0.4 is 32.1 Å². The molecule has 7 N–H and O–H groups in total. The quantitative estimate of drug-likeness (QED) is 0.218. The van der Waals surface area contributed by atoms with Gasteiger partial charge in [-0.1, -0.05) is 0 Å². The minimum Gasteiger partial charge on any atom is -0.383 e. The largest absolute Gasteiger partial charge is 0.383 e. The van der Waals surface area contributed by atoms with Crippen molar-refractivity contribution >= 4 is 23.6 Å². The maximum atomic E-state index is 11.8. The first-order valence-electron chi connectivity index (χ1n) is 8.33. The lowest BCUT2D eigenvalue weighted by atomic mass is 10.0. The van der Waals surface area contributed by atoms with Crippen LogP contribution in [0.25, 0.3) is 0 Å². The van der Waals surface area contributed by atoms with Crippen molar-refractivity contribution in [3.63, 3.8) is 0 Å². The van der Waals surface area contributed by atoms with Gasteiger partial charge in [0.25, 0.3) is 5.91 Å². The molecular formula is C14H28N6O3S. The Kier molecular flexibility index (Phi) is 8.22. The Morgan fingerprint density at radius 3 is 2.96 bits per heavy atom. The van der Waals surface area contributed by atoms with Crippen LogP contribution in [0.2, 0.25) is 0 Å². The Labute approximate surface area is 146 Å². The molecule has 2 fully saturated rings. The molecule has 0 aromatic heterocycles. The number of hydrogen-bond acceptors (Lipinski definition) is 8. The van der Waals surface area contributed by atoms with E-state index in [0.29, 0.717) is 19.5 Å². The molecule has 2 aliphatic rings. The molecule has 10 heteroatoms. The number of carbonyl (C=O) groups excluding carboxylic acids is 2. The number of hydrazine groups is 1. The first-order chi connectivity index (χ1) is 11.6. The molecule has 2 rings (SSSR count). The van der Waals surface area contributed by atoms with Gasteiger partial charge in [-0.2, -0.15) is 11.8 Å². The predicted molar refractivity (Wildman–Crippen MR) is 93.3 cm³/mol. The summed E-state index contributed by atoms with van der Waals surface area (Å²) >= 11 is 1.61. The molecule has 0 radical (unpaired) electrons. The summed E-state index contributed by atoms with van der Waals surface area (Å²) in [6.45, 7) is 2.77. The van der Waals surface area contributed by atoms with Crippen LogP contribution in [0.4, 0.5) is 0 Å². The summed E-state index contributed by atoms with van der Waals surface area (Å²) in [5.74, 6) is 0.390. The Morgan fingerprint density at radius 1 is 1.38 bits per heavy atom. The van der Waals surface area contributed by atoms with E-state index in [1.807, 2.05) is 6.26 Å². The van der Waals surface area contributed by atoms with E-state index in [4.69, 9.17) is 0 Å². The summed E-state index contributed by atoms with van der Waals surface area (Å²) < 4.78 is 0. The lowest BCUT2D eigenvalue weighted by molar-refractivity contribution is -0.130. The number of thioether (sulfide) groups is 1. The van der Waals surface area contributed by atoms with Gasteiger partial charge in [-0.25, -0.2) is 5.43 Å². The van der Waals surface area contributed by atoms with Gasteiger partial charge >= 0.3 is 0 Å². The molecule has 2 heterocycles. The van der Waals surface area contributed by atoms with E-state index in [2.05, 4.69) is 32.1 Å². The van der Waals surface area contributed by atoms with E-state index in [1.165, 1.54) is 0 Å². The van der Waals surface area contributed by atoms with Gasteiger partial charge in [0.1, 0.15) is 12.1 Å². The number of aliphatic hydroxyl groups excluding tert-OH is 1. The van der Waals surface area contributed by atoms with Crippen molar-refractivity contribution in [3.8, 4) is 0 Å². The van der Waals surface area contributed by atoms with Crippen LogP contribution in [0.5, 0.6) is 0 Å². The van der Waals surface area contributed by atoms with Crippen LogP contribution >= 0.6 is 11.8 Å². The first kappa shape index (κ1) is 19.4. The van der Waals surface area contributed by atoms with Gasteiger partial charge in [-0.3, -0.25) is 20.3 Å². The van der Waals surface area contributed by atoms with Crippen molar-refractivity contribution in [1.82, 2.24) is 32.1 Å². The van der Waals surface area contributed by atoms with Gasteiger partial charge in [0, 0.05) is 19.6 Å². The van der Waals surface area contributed by atoms with E-state index in [9.17, 15) is 14.7 Å². The Bertz CT molecular complexity index is 427. The lowest BCUT2D eigenvalue weighted by Gasteiger charge is -2.42. The highest BCUT2D eigenvalue weighted by atomic mass is 32.2. The normalized spacial score (nSPS) is 27.9. The molecule has 2 saturated heterocycles. The van der Waals surface area contributed by atoms with Crippen LogP contribution in [-0.2, 0) is 9.59 Å². The fraction of sp³-hybridized carbons (Fsp3) is 0.857. The highest BCUT2D eigenvalue weighted by molar-refractivity contribution is 7.98. The summed E-state index contributed by atoms with van der Waals surface area (Å²) in [7, 11) is 0. The van der Waals surface area contributed by atoms with Crippen LogP contribution in [0.15, 0.2) is 0 Å². The maximum absolute atomic E-state index is 11.8. The van der Waals surface area contributed by atoms with Crippen molar-refractivity contribution in [2.45, 2.75) is 37.2 Å². The number of piperazine rings is 1. The van der Waals surface area contributed by atoms with Crippen LogP contribution in [0, 0.1) is 0 Å². The second kappa shape index (κ2) is 10.2. The third kappa shape index (κ3) is 5.57. The standard InChI is InChI=1S/C14H28N6O3S/c1-24-8-3-9(21)13(22)18-5-2-4-17-12-10-11(14(23)20-19-12)16-7-6-15-10/h9-12,15-17,19,21H,2-8H2,1H3,(H,18,22)(H,20,23). The third-order valence-corrected chi connectivity index (χ3v) is 4.78. The van der Waals surface area contributed by atoms with Crippen molar-refractivity contribution in [2.75, 3.05) is 38.2 Å². The van der Waals surface area contributed by atoms with Gasteiger partial charge in [0.2, 0.25) is 5.91 Å². The van der Waals surface area contributed by atoms with Gasteiger partial charge in [-0.15, -0.1) is 0 Å². The first-order valence-corrected chi connectivity index (χ1v) is 9.73. The average molecular weight is 360 g/mol. The molecular weight excluding hydrogens is 332 g/mol. The smallest absolute Gasteiger partial charge is 0.252 e. The molecule has 2 aliphatic heterocycles. The predicted octanol–water partition coefficient (Wildman–Crippen LogP) is -2.91. The van der Waals surface area contributed by atoms with E-state index in [-0.39, 0.29) is 30.1 Å². The number of hydrogen-bond donors (Lipinski definition) is 7. The van der Waals surface area contributed by atoms with E-state index in [1.54, 1.807) is 11.8 Å². The van der Waals surface area contributed by atoms with Crippen molar-refractivity contribution in [1.29, 1.82) is 0 Å². The van der Waals surface area contributed by atoms with Gasteiger partial charge < -0.3 is 21.1 Å². The molecule has 4 unspecified atom stereocenters. The van der Waals surface area contributed by atoms with Crippen LogP contribution in [0.1, 0.15) is 12.8 Å². The fourth-order valence-corrected chi connectivity index (χ4v) is 3.27. The van der Waals surface area contributed by atoms with E-state index in [0.717, 1.165) is 25.3 Å². The number of nitrogens with one attached hydrogen (secondary N) is 6. The highest BCUT2D eigenvalue weighted by Gasteiger charge is 2.39. The average Bonchev–Trinajstić information content (AvgIpc) is 2.61. The second-order valence-corrected chi connectivity index (χ2v) is 6.90. The zero-order chi connectivity index (χ0) is 17.4. The Balaban J connectivity index is 1.62. The molecule has 24 heavy (non-hydrogen) atoms. The summed E-state index contributed by atoms with van der Waals surface area (Å²) in [5, 5.41) is 22.3. The fourth-order valence-electron chi connectivity index (χ4n) is 2.81. The molecule has 0 bridgehead atoms. The zero-order valence-corrected chi connectivity index (χ0v) is 14.7. The summed E-state index contributed by atoms with van der Waals surface area (Å²) in [5.41, 5.74) is 5.63. The van der Waals surface area contributed by atoms with Crippen LogP contribution in [-0.4, -0.2) is 79.5 Å². The number of amides is 2. The Hall–Kier alpha value is -0.910. The van der Waals surface area contributed by atoms with Gasteiger partial charge in [-0.05, 0) is 31.4 Å². The topological polar surface area (TPSA) is 127 Å². The molecule has 0 aromatic carbocycles. The molecule has 0 spiro atoms. The minimum absolute atomic E-state index is 0.0181. The number of fused-ring (bicyclic) bond motifs is 1. The number of aliphatic hydroxyl groups is 1. The van der Waals surface area contributed by atoms with Gasteiger partial charge in [0.05, 0.1) is 12.2 Å². The molecule has 4 atom stereocenters. The third-order valence-electron chi connectivity index (χ3n) is 4.14. The van der Waals surface area contributed by atoms with E-state index < -0.39 is 6.10 Å². The molecule has 0 aliphatic carbocycles. The molecule has 138 valence electrons. The van der Waals surface area contributed by atoms with E-state index >= 15 is 0 Å². The van der Waals surface area contributed by atoms with Crippen molar-refractivity contribution in [3.05, 3.63) is 0 Å². The number of rotatable bonds is 9. The molecule has 9 nitrogen and oxygen atoms in total. The lowest BCUT2D eigenvalue weighted by Crippen LogP contribution is -2.77. The second-order valence-electron chi connectivity index (χ2n) is 5.92. The minimum atomic E-state index is -0.932. The number of carbonyl (C=O) groups is 2. The molecule has 0 aromatic rings. The van der Waals surface area contributed by atoms with Crippen LogP contribution in [0.3, 0.4) is 0 Å². The zero-order valence-electron chi connectivity index (χ0n) is 13.9. The van der Waals surface area contributed by atoms with Crippen molar-refractivity contribution in [2.24, 2.45) is 0 Å². The highest BCUT2D eigenvalue weighted by Crippen LogP contribution is 2.06. The monoisotopic (exact) mass is 360 g/mol. The summed E-state index contributed by atoms with van der Waals surface area (Å²) in [6, 6.07) is -0.265. The van der Waals surface area contributed by atoms with Crippen molar-refractivity contribution < 1.29 is 14.7 Å². The molecule has 2 amide bonds. The summed E-state index contributed by atoms with van der Waals surface area (Å²) in [4.78, 5) is 23.5.